The Morgan fingerprint density at radius 2 is 1.97 bits per heavy atom. The number of furan rings is 1. The fourth-order valence-electron chi connectivity index (χ4n) is 4.10. The van der Waals surface area contributed by atoms with Gasteiger partial charge in [-0.1, -0.05) is 36.4 Å². The molecule has 1 saturated heterocycles. The van der Waals surface area contributed by atoms with Gasteiger partial charge in [0.25, 0.3) is 5.91 Å². The second-order valence-electron chi connectivity index (χ2n) is 7.81. The van der Waals surface area contributed by atoms with Crippen molar-refractivity contribution in [1.29, 1.82) is 0 Å². The average Bonchev–Trinajstić information content (AvgIpc) is 3.25. The van der Waals surface area contributed by atoms with E-state index in [-0.39, 0.29) is 23.8 Å². The van der Waals surface area contributed by atoms with Crippen molar-refractivity contribution in [3.63, 3.8) is 0 Å². The maximum atomic E-state index is 13.2. The number of fused-ring (bicyclic) bond motifs is 1. The van der Waals surface area contributed by atoms with E-state index in [4.69, 9.17) is 4.42 Å². The number of carbonyl (C=O) groups is 2. The van der Waals surface area contributed by atoms with E-state index in [1.165, 1.54) is 0 Å². The van der Waals surface area contributed by atoms with E-state index in [9.17, 15) is 9.59 Å². The standard InChI is InChI=1S/C24H26N2O3/c1-17(15-20-10-6-14-29-20)25-23(27)19-9-5-13-26(16-19)24(28)22-12-4-8-18-7-2-3-11-21(18)22/h2-4,6-8,10-12,14,17,19H,5,9,13,15-16H2,1H3,(H,25,27). The first-order chi connectivity index (χ1) is 14.1. The molecular formula is C24H26N2O3. The van der Waals surface area contributed by atoms with Gasteiger partial charge < -0.3 is 14.6 Å². The second kappa shape index (κ2) is 8.52. The molecular weight excluding hydrogens is 364 g/mol. The highest BCUT2D eigenvalue weighted by atomic mass is 16.3. The molecule has 0 saturated carbocycles. The van der Waals surface area contributed by atoms with Gasteiger partial charge in [-0.2, -0.15) is 0 Å². The Hall–Kier alpha value is -3.08. The lowest BCUT2D eigenvalue weighted by atomic mass is 9.95. The number of nitrogens with zero attached hydrogens (tertiary/aromatic N) is 1. The van der Waals surface area contributed by atoms with Crippen LogP contribution in [0.15, 0.2) is 65.3 Å². The first kappa shape index (κ1) is 19.2. The van der Waals surface area contributed by atoms with Crippen LogP contribution in [0.2, 0.25) is 0 Å². The van der Waals surface area contributed by atoms with Crippen molar-refractivity contribution in [1.82, 2.24) is 10.2 Å². The minimum absolute atomic E-state index is 0.00272. The first-order valence-electron chi connectivity index (χ1n) is 10.2. The number of hydrogen-bond donors (Lipinski definition) is 1. The number of nitrogens with one attached hydrogen (secondary N) is 1. The molecule has 0 spiro atoms. The van der Waals surface area contributed by atoms with Crippen LogP contribution in [0.5, 0.6) is 0 Å². The lowest BCUT2D eigenvalue weighted by molar-refractivity contribution is -0.126. The summed E-state index contributed by atoms with van der Waals surface area (Å²) < 4.78 is 5.36. The Balaban J connectivity index is 1.42. The highest BCUT2D eigenvalue weighted by molar-refractivity contribution is 6.07. The Labute approximate surface area is 170 Å². The molecule has 1 N–H and O–H groups in total. The zero-order chi connectivity index (χ0) is 20.2. The Morgan fingerprint density at radius 3 is 2.79 bits per heavy atom. The average molecular weight is 390 g/mol. The van der Waals surface area contributed by atoms with Crippen LogP contribution in [0.3, 0.4) is 0 Å². The summed E-state index contributed by atoms with van der Waals surface area (Å²) in [4.78, 5) is 27.8. The zero-order valence-electron chi connectivity index (χ0n) is 16.6. The van der Waals surface area contributed by atoms with Crippen molar-refractivity contribution in [2.75, 3.05) is 13.1 Å². The lowest BCUT2D eigenvalue weighted by Crippen LogP contribution is -2.47. The SMILES string of the molecule is CC(Cc1ccco1)NC(=O)C1CCCN(C(=O)c2cccc3ccccc23)C1. The van der Waals surface area contributed by atoms with Gasteiger partial charge in [-0.15, -0.1) is 0 Å². The number of likely N-dealkylation sites (tertiary alicyclic amines) is 1. The van der Waals surface area contributed by atoms with Crippen LogP contribution in [0.4, 0.5) is 0 Å². The molecule has 2 atom stereocenters. The fraction of sp³-hybridized carbons (Fsp3) is 0.333. The summed E-state index contributed by atoms with van der Waals surface area (Å²) in [7, 11) is 0. The van der Waals surface area contributed by atoms with Crippen LogP contribution < -0.4 is 5.32 Å². The van der Waals surface area contributed by atoms with Crippen molar-refractivity contribution < 1.29 is 14.0 Å². The van der Waals surface area contributed by atoms with Crippen LogP contribution >= 0.6 is 0 Å². The van der Waals surface area contributed by atoms with E-state index in [0.29, 0.717) is 25.1 Å². The highest BCUT2D eigenvalue weighted by Crippen LogP contribution is 2.24. The van der Waals surface area contributed by atoms with Crippen LogP contribution in [-0.4, -0.2) is 35.8 Å². The van der Waals surface area contributed by atoms with Gasteiger partial charge in [-0.3, -0.25) is 9.59 Å². The van der Waals surface area contributed by atoms with Crippen LogP contribution in [0.1, 0.15) is 35.9 Å². The summed E-state index contributed by atoms with van der Waals surface area (Å²) in [6.07, 6.45) is 3.94. The molecule has 1 aliphatic rings. The van der Waals surface area contributed by atoms with Crippen molar-refractivity contribution in [2.45, 2.75) is 32.2 Å². The Kier molecular flexibility index (Phi) is 5.65. The molecule has 1 aliphatic heterocycles. The Bertz CT molecular complexity index is 991. The van der Waals surface area contributed by atoms with Crippen LogP contribution in [0.25, 0.3) is 10.8 Å². The second-order valence-corrected chi connectivity index (χ2v) is 7.81. The molecule has 150 valence electrons. The minimum atomic E-state index is -0.179. The minimum Gasteiger partial charge on any atom is -0.469 e. The third kappa shape index (κ3) is 4.34. The third-order valence-electron chi connectivity index (χ3n) is 5.58. The van der Waals surface area contributed by atoms with Gasteiger partial charge in [0.2, 0.25) is 5.91 Å². The molecule has 0 bridgehead atoms. The van der Waals surface area contributed by atoms with Gasteiger partial charge >= 0.3 is 0 Å². The van der Waals surface area contributed by atoms with Crippen molar-refractivity contribution in [2.24, 2.45) is 5.92 Å². The van der Waals surface area contributed by atoms with E-state index in [1.807, 2.05) is 66.4 Å². The maximum Gasteiger partial charge on any atom is 0.254 e. The van der Waals surface area contributed by atoms with Gasteiger partial charge in [-0.25, -0.2) is 0 Å². The number of carbonyl (C=O) groups excluding carboxylic acids is 2. The van der Waals surface area contributed by atoms with Gasteiger partial charge in [0, 0.05) is 31.1 Å². The highest BCUT2D eigenvalue weighted by Gasteiger charge is 2.30. The maximum absolute atomic E-state index is 13.2. The monoisotopic (exact) mass is 390 g/mol. The summed E-state index contributed by atoms with van der Waals surface area (Å²) in [6, 6.07) is 17.5. The molecule has 2 heterocycles. The van der Waals surface area contributed by atoms with Crippen LogP contribution in [-0.2, 0) is 11.2 Å². The summed E-state index contributed by atoms with van der Waals surface area (Å²) in [5.41, 5.74) is 0.704. The van der Waals surface area contributed by atoms with E-state index >= 15 is 0 Å². The van der Waals surface area contributed by atoms with E-state index in [1.54, 1.807) is 6.26 Å². The predicted molar refractivity (Wildman–Crippen MR) is 113 cm³/mol. The fourth-order valence-corrected chi connectivity index (χ4v) is 4.10. The molecule has 2 aromatic carbocycles. The van der Waals surface area contributed by atoms with Crippen molar-refractivity contribution >= 4 is 22.6 Å². The molecule has 29 heavy (non-hydrogen) atoms. The zero-order valence-corrected chi connectivity index (χ0v) is 16.6. The summed E-state index contributed by atoms with van der Waals surface area (Å²) >= 11 is 0. The molecule has 2 amide bonds. The largest absolute Gasteiger partial charge is 0.469 e. The summed E-state index contributed by atoms with van der Waals surface area (Å²) in [5, 5.41) is 5.09. The number of hydrogen-bond acceptors (Lipinski definition) is 3. The van der Waals surface area contributed by atoms with Gasteiger partial charge in [-0.05, 0) is 48.7 Å². The van der Waals surface area contributed by atoms with Crippen molar-refractivity contribution in [3.8, 4) is 0 Å². The molecule has 5 nitrogen and oxygen atoms in total. The van der Waals surface area contributed by atoms with Gasteiger partial charge in [0.1, 0.15) is 5.76 Å². The van der Waals surface area contributed by atoms with E-state index < -0.39 is 0 Å². The van der Waals surface area contributed by atoms with E-state index in [0.717, 1.165) is 29.4 Å². The Morgan fingerprint density at radius 1 is 1.14 bits per heavy atom. The third-order valence-corrected chi connectivity index (χ3v) is 5.58. The first-order valence-corrected chi connectivity index (χ1v) is 10.2. The quantitative estimate of drug-likeness (QED) is 0.715. The number of piperidine rings is 1. The lowest BCUT2D eigenvalue weighted by Gasteiger charge is -2.33. The predicted octanol–water partition coefficient (Wildman–Crippen LogP) is 4.03. The molecule has 0 radical (unpaired) electrons. The molecule has 4 rings (SSSR count). The van der Waals surface area contributed by atoms with Crippen molar-refractivity contribution in [3.05, 3.63) is 72.2 Å². The van der Waals surface area contributed by atoms with Gasteiger partial charge in [0.15, 0.2) is 0 Å². The molecule has 5 heteroatoms. The molecule has 3 aromatic rings. The number of amides is 2. The molecule has 2 unspecified atom stereocenters. The van der Waals surface area contributed by atoms with E-state index in [2.05, 4.69) is 5.32 Å². The topological polar surface area (TPSA) is 62.6 Å². The molecule has 1 fully saturated rings. The normalized spacial score (nSPS) is 17.8. The smallest absolute Gasteiger partial charge is 0.254 e. The summed E-state index contributed by atoms with van der Waals surface area (Å²) in [6.45, 7) is 3.12. The van der Waals surface area contributed by atoms with Crippen LogP contribution in [0, 0.1) is 5.92 Å². The molecule has 0 aliphatic carbocycles. The molecule has 1 aromatic heterocycles. The van der Waals surface area contributed by atoms with Gasteiger partial charge in [0.05, 0.1) is 12.2 Å². The number of rotatable bonds is 5. The number of benzene rings is 2. The summed E-state index contributed by atoms with van der Waals surface area (Å²) in [5.74, 6) is 0.693.